The molecule has 1 aromatic rings. The molecule has 156 valence electrons. The molecule has 2 aliphatic rings. The summed E-state index contributed by atoms with van der Waals surface area (Å²) in [6.07, 6.45) is 1.05. The normalized spacial score (nSPS) is 21.3. The summed E-state index contributed by atoms with van der Waals surface area (Å²) in [7, 11) is -7.06. The third-order valence-electron chi connectivity index (χ3n) is 4.63. The Hall–Kier alpha value is -1.85. The van der Waals surface area contributed by atoms with Gasteiger partial charge in [0.1, 0.15) is 0 Å². The monoisotopic (exact) mass is 432 g/mol. The summed E-state index contributed by atoms with van der Waals surface area (Å²) >= 11 is 0. The molecule has 28 heavy (non-hydrogen) atoms. The molecule has 1 fully saturated rings. The van der Waals surface area contributed by atoms with Crippen LogP contribution >= 0.6 is 0 Å². The van der Waals surface area contributed by atoms with Crippen molar-refractivity contribution in [2.24, 2.45) is 0 Å². The largest absolute Gasteiger partial charge is 0.490 e. The SMILES string of the molecule is CCN(CC(=O)N[C@H]1CCS(=O)(=O)C1)S(=O)(=O)c1ccc2c(c1)OCCCO2. The van der Waals surface area contributed by atoms with Crippen molar-refractivity contribution >= 4 is 25.8 Å². The molecule has 1 aromatic carbocycles. The molecule has 3 rings (SSSR count). The van der Waals surface area contributed by atoms with Gasteiger partial charge in [0.25, 0.3) is 0 Å². The van der Waals surface area contributed by atoms with Crippen molar-refractivity contribution in [3.8, 4) is 11.5 Å². The summed E-state index contributed by atoms with van der Waals surface area (Å²) in [5, 5.41) is 2.61. The molecule has 0 radical (unpaired) electrons. The lowest BCUT2D eigenvalue weighted by Gasteiger charge is -2.21. The maximum absolute atomic E-state index is 13.0. The van der Waals surface area contributed by atoms with Crippen molar-refractivity contribution in [2.45, 2.75) is 30.7 Å². The molecule has 1 saturated heterocycles. The van der Waals surface area contributed by atoms with Gasteiger partial charge in [0.05, 0.1) is 36.2 Å². The highest BCUT2D eigenvalue weighted by Gasteiger charge is 2.31. The van der Waals surface area contributed by atoms with Crippen LogP contribution < -0.4 is 14.8 Å². The number of hydrogen-bond donors (Lipinski definition) is 1. The van der Waals surface area contributed by atoms with Crippen LogP contribution in [0, 0.1) is 0 Å². The minimum absolute atomic E-state index is 0.00911. The van der Waals surface area contributed by atoms with Crippen molar-refractivity contribution < 1.29 is 31.1 Å². The summed E-state index contributed by atoms with van der Waals surface area (Å²) in [6, 6.07) is 3.90. The first kappa shape index (κ1) is 20.9. The highest BCUT2D eigenvalue weighted by atomic mass is 32.2. The molecule has 0 spiro atoms. The molecular weight excluding hydrogens is 408 g/mol. The van der Waals surface area contributed by atoms with Gasteiger partial charge in [-0.3, -0.25) is 4.79 Å². The predicted molar refractivity (Wildman–Crippen MR) is 102 cm³/mol. The Bertz CT molecular complexity index is 944. The molecule has 0 aromatic heterocycles. The van der Waals surface area contributed by atoms with Crippen molar-refractivity contribution in [2.75, 3.05) is 37.8 Å². The van der Waals surface area contributed by atoms with E-state index in [2.05, 4.69) is 5.32 Å². The summed E-state index contributed by atoms with van der Waals surface area (Å²) < 4.78 is 61.0. The number of carbonyl (C=O) groups is 1. The summed E-state index contributed by atoms with van der Waals surface area (Å²) in [5.74, 6) is 0.238. The Kier molecular flexibility index (Phi) is 6.15. The first-order valence-electron chi connectivity index (χ1n) is 9.11. The first-order chi connectivity index (χ1) is 13.2. The molecule has 0 bridgehead atoms. The Labute approximate surface area is 165 Å². The van der Waals surface area contributed by atoms with Gasteiger partial charge in [-0.2, -0.15) is 4.31 Å². The number of ether oxygens (including phenoxy) is 2. The topological polar surface area (TPSA) is 119 Å². The van der Waals surface area contributed by atoms with Crippen molar-refractivity contribution in [3.63, 3.8) is 0 Å². The quantitative estimate of drug-likeness (QED) is 0.680. The maximum atomic E-state index is 13.0. The Balaban J connectivity index is 1.72. The third kappa shape index (κ3) is 4.76. The molecule has 1 amide bonds. The predicted octanol–water partition coefficient (Wildman–Crippen LogP) is 0.162. The van der Waals surface area contributed by atoms with Crippen LogP contribution in [0.3, 0.4) is 0 Å². The van der Waals surface area contributed by atoms with E-state index < -0.39 is 31.8 Å². The van der Waals surface area contributed by atoms with E-state index in [1.54, 1.807) is 13.0 Å². The fourth-order valence-electron chi connectivity index (χ4n) is 3.16. The zero-order chi connectivity index (χ0) is 20.4. The summed E-state index contributed by atoms with van der Waals surface area (Å²) in [4.78, 5) is 12.3. The molecule has 9 nitrogen and oxygen atoms in total. The van der Waals surface area contributed by atoms with Gasteiger partial charge in [-0.1, -0.05) is 6.92 Å². The number of nitrogens with zero attached hydrogens (tertiary/aromatic N) is 1. The number of hydrogen-bond acceptors (Lipinski definition) is 7. The number of carbonyl (C=O) groups excluding carboxylic acids is 1. The fraction of sp³-hybridized carbons (Fsp3) is 0.588. The molecule has 0 saturated carbocycles. The maximum Gasteiger partial charge on any atom is 0.243 e. The van der Waals surface area contributed by atoms with Gasteiger partial charge in [0.15, 0.2) is 21.3 Å². The molecule has 2 heterocycles. The lowest BCUT2D eigenvalue weighted by molar-refractivity contribution is -0.121. The van der Waals surface area contributed by atoms with E-state index in [1.807, 2.05) is 0 Å². The fourth-order valence-corrected chi connectivity index (χ4v) is 6.26. The van der Waals surface area contributed by atoms with E-state index >= 15 is 0 Å². The number of amides is 1. The molecular formula is C17H24N2O7S2. The number of likely N-dealkylation sites (N-methyl/N-ethyl adjacent to an activating group) is 1. The van der Waals surface area contributed by atoms with Crippen LogP contribution in [0.2, 0.25) is 0 Å². The number of nitrogens with one attached hydrogen (secondary N) is 1. The zero-order valence-corrected chi connectivity index (χ0v) is 17.2. The number of rotatable bonds is 6. The van der Waals surface area contributed by atoms with Gasteiger partial charge in [-0.05, 0) is 18.6 Å². The van der Waals surface area contributed by atoms with Crippen molar-refractivity contribution in [3.05, 3.63) is 18.2 Å². The minimum Gasteiger partial charge on any atom is -0.490 e. The Morgan fingerprint density at radius 2 is 1.96 bits per heavy atom. The van der Waals surface area contributed by atoms with Crippen LogP contribution in [0.1, 0.15) is 19.8 Å². The van der Waals surface area contributed by atoms with Gasteiger partial charge in [0, 0.05) is 25.1 Å². The van der Waals surface area contributed by atoms with Gasteiger partial charge < -0.3 is 14.8 Å². The highest BCUT2D eigenvalue weighted by molar-refractivity contribution is 7.91. The van der Waals surface area contributed by atoms with E-state index in [4.69, 9.17) is 9.47 Å². The van der Waals surface area contributed by atoms with Crippen LogP contribution in [-0.2, 0) is 24.7 Å². The number of benzene rings is 1. The van der Waals surface area contributed by atoms with Crippen LogP contribution in [0.5, 0.6) is 11.5 Å². The molecule has 1 atom stereocenters. The lowest BCUT2D eigenvalue weighted by Crippen LogP contribution is -2.44. The van der Waals surface area contributed by atoms with Gasteiger partial charge >= 0.3 is 0 Å². The standard InChI is InChI=1S/C17H24N2O7S2/c1-2-19(11-17(20)18-13-6-9-27(21,22)12-13)28(23,24)14-4-5-15-16(10-14)26-8-3-7-25-15/h4-5,10,13H,2-3,6-9,11-12H2,1H3,(H,18,20)/t13-/m0/s1. The van der Waals surface area contributed by atoms with Crippen LogP contribution in [-0.4, -0.2) is 70.9 Å². The molecule has 0 aliphatic carbocycles. The van der Waals surface area contributed by atoms with Crippen LogP contribution in [0.4, 0.5) is 0 Å². The molecule has 2 aliphatic heterocycles. The molecule has 1 N–H and O–H groups in total. The molecule has 11 heteroatoms. The van der Waals surface area contributed by atoms with E-state index in [9.17, 15) is 21.6 Å². The van der Waals surface area contributed by atoms with Gasteiger partial charge in [-0.25, -0.2) is 16.8 Å². The van der Waals surface area contributed by atoms with E-state index in [-0.39, 0.29) is 29.5 Å². The number of sulfonamides is 1. The van der Waals surface area contributed by atoms with E-state index in [0.717, 1.165) is 4.31 Å². The Morgan fingerprint density at radius 3 is 2.61 bits per heavy atom. The van der Waals surface area contributed by atoms with Gasteiger partial charge in [0.2, 0.25) is 15.9 Å². The Morgan fingerprint density at radius 1 is 1.25 bits per heavy atom. The smallest absolute Gasteiger partial charge is 0.243 e. The average molecular weight is 433 g/mol. The highest BCUT2D eigenvalue weighted by Crippen LogP contribution is 2.32. The minimum atomic E-state index is -3.93. The van der Waals surface area contributed by atoms with Crippen LogP contribution in [0.15, 0.2) is 23.1 Å². The third-order valence-corrected chi connectivity index (χ3v) is 8.31. The molecule has 0 unspecified atom stereocenters. The zero-order valence-electron chi connectivity index (χ0n) is 15.6. The van der Waals surface area contributed by atoms with E-state index in [1.165, 1.54) is 12.1 Å². The van der Waals surface area contributed by atoms with Crippen molar-refractivity contribution in [1.82, 2.24) is 9.62 Å². The number of sulfone groups is 1. The first-order valence-corrected chi connectivity index (χ1v) is 12.4. The van der Waals surface area contributed by atoms with Crippen molar-refractivity contribution in [1.29, 1.82) is 0 Å². The second-order valence-electron chi connectivity index (χ2n) is 6.76. The van der Waals surface area contributed by atoms with E-state index in [0.29, 0.717) is 37.6 Å². The average Bonchev–Trinajstić information content (AvgIpc) is 2.83. The lowest BCUT2D eigenvalue weighted by atomic mass is 10.2. The second-order valence-corrected chi connectivity index (χ2v) is 10.9. The summed E-state index contributed by atoms with van der Waals surface area (Å²) in [5.41, 5.74) is 0. The second kappa shape index (κ2) is 8.26. The van der Waals surface area contributed by atoms with Gasteiger partial charge in [-0.15, -0.1) is 0 Å². The number of fused-ring (bicyclic) bond motifs is 1. The summed E-state index contributed by atoms with van der Waals surface area (Å²) in [6.45, 7) is 2.27. The van der Waals surface area contributed by atoms with Crippen LogP contribution in [0.25, 0.3) is 0 Å².